The standard InChI is InChI=1S/C56H79ClN6O12/c1-35-17-15-16-22-56(69)32-44(73-52(68)60-56)36(2)50-55(8,75-50)45(31-48(66)62(11)42-28-38(27-35)29-43(70-12)49(42)57)74-51(67)37(3)61(10)47(65)21-25-71-53(4,5)23-26-72-54(6,7)34-59-46(64)20-24-63-40(33-58-9)30-39-18-13-14-19-41(39)63/h13-19,28-30,36-37,44-45,50,58,69H,20-27,31-34H2,1-12H3,(H,59,64)(H,60,68)/b16-15+,35-17+/t36-,37+,44+,45+,50?,55+,56-/m1/s1. The van der Waals surface area contributed by atoms with E-state index in [-0.39, 0.29) is 49.1 Å². The second kappa shape index (κ2) is 24.7. The topological polar surface area (TPSA) is 212 Å². The summed E-state index contributed by atoms with van der Waals surface area (Å²) in [5.41, 5.74) is 0.202. The van der Waals surface area contributed by atoms with Gasteiger partial charge in [-0.05, 0) is 104 Å². The highest BCUT2D eigenvalue weighted by Crippen LogP contribution is 2.49. The van der Waals surface area contributed by atoms with E-state index in [1.807, 2.05) is 72.9 Å². The van der Waals surface area contributed by atoms with Gasteiger partial charge >= 0.3 is 12.1 Å². The summed E-state index contributed by atoms with van der Waals surface area (Å²) in [6.07, 6.45) is 3.17. The minimum Gasteiger partial charge on any atom is -0.495 e. The summed E-state index contributed by atoms with van der Waals surface area (Å²) < 4.78 is 38.4. The first kappa shape index (κ1) is 58.8. The maximum atomic E-state index is 14.3. The molecule has 18 nitrogen and oxygen atoms in total. The second-order valence-corrected chi connectivity index (χ2v) is 22.1. The minimum absolute atomic E-state index is 0.0337. The van der Waals surface area contributed by atoms with Gasteiger partial charge < -0.3 is 58.5 Å². The Labute approximate surface area is 446 Å². The van der Waals surface area contributed by atoms with Gasteiger partial charge in [-0.15, -0.1) is 0 Å². The van der Waals surface area contributed by atoms with Crippen LogP contribution in [0.1, 0.15) is 105 Å². The number of nitrogens with zero attached hydrogens (tertiary/aromatic N) is 3. The van der Waals surface area contributed by atoms with Crippen LogP contribution in [-0.2, 0) is 62.4 Å². The lowest BCUT2D eigenvalue weighted by Gasteiger charge is -2.39. The molecule has 75 heavy (non-hydrogen) atoms. The zero-order valence-corrected chi connectivity index (χ0v) is 46.6. The Morgan fingerprint density at radius 1 is 1.07 bits per heavy atom. The highest BCUT2D eigenvalue weighted by molar-refractivity contribution is 6.35. The van der Waals surface area contributed by atoms with Gasteiger partial charge in [0, 0.05) is 70.1 Å². The molecule has 1 unspecified atom stereocenters. The molecule has 0 saturated carbocycles. The van der Waals surface area contributed by atoms with Crippen molar-refractivity contribution in [2.75, 3.05) is 52.9 Å². The van der Waals surface area contributed by atoms with Crippen LogP contribution in [0.3, 0.4) is 0 Å². The van der Waals surface area contributed by atoms with E-state index in [2.05, 4.69) is 38.7 Å². The number of amides is 4. The number of benzene rings is 2. The number of rotatable bonds is 19. The molecular formula is C56H79ClN6O12. The van der Waals surface area contributed by atoms with Crippen LogP contribution in [0.5, 0.6) is 5.75 Å². The molecule has 412 valence electrons. The molecule has 19 heteroatoms. The van der Waals surface area contributed by atoms with Gasteiger partial charge in [0.25, 0.3) is 0 Å². The highest BCUT2D eigenvalue weighted by Gasteiger charge is 2.64. The van der Waals surface area contributed by atoms with E-state index in [0.717, 1.165) is 27.7 Å². The van der Waals surface area contributed by atoms with Crippen LogP contribution in [-0.4, -0.2) is 139 Å². The number of nitrogens with one attached hydrogen (secondary N) is 3. The van der Waals surface area contributed by atoms with Crippen molar-refractivity contribution in [2.24, 2.45) is 5.92 Å². The molecule has 2 aromatic carbocycles. The third-order valence-electron chi connectivity index (χ3n) is 14.7. The van der Waals surface area contributed by atoms with E-state index in [4.69, 9.17) is 40.0 Å². The number of esters is 1. The Kier molecular flexibility index (Phi) is 19.3. The molecule has 2 fully saturated rings. The first-order valence-corrected chi connectivity index (χ1v) is 26.2. The number of halogens is 1. The summed E-state index contributed by atoms with van der Waals surface area (Å²) in [4.78, 5) is 70.5. The molecule has 3 aliphatic rings. The number of methoxy groups -OCH3 is 1. The van der Waals surface area contributed by atoms with Crippen LogP contribution in [0.15, 0.2) is 66.3 Å². The van der Waals surface area contributed by atoms with Crippen molar-refractivity contribution in [2.45, 2.75) is 160 Å². The summed E-state index contributed by atoms with van der Waals surface area (Å²) in [5, 5.41) is 21.7. The summed E-state index contributed by atoms with van der Waals surface area (Å²) in [6.45, 7) is 16.7. The Bertz CT molecular complexity index is 2610. The number of carbonyl (C=O) groups is 5. The number of aliphatic hydroxyl groups is 1. The Morgan fingerprint density at radius 2 is 1.79 bits per heavy atom. The third kappa shape index (κ3) is 15.1. The van der Waals surface area contributed by atoms with Gasteiger partial charge in [0.2, 0.25) is 17.7 Å². The van der Waals surface area contributed by atoms with E-state index in [0.29, 0.717) is 56.9 Å². The quantitative estimate of drug-likeness (QED) is 0.0696. The van der Waals surface area contributed by atoms with Gasteiger partial charge in [0.05, 0.1) is 56.2 Å². The van der Waals surface area contributed by atoms with Crippen molar-refractivity contribution >= 4 is 58.0 Å². The number of alkyl carbamates (subject to hydrolysis) is 1. The number of para-hydroxylation sites is 1. The van der Waals surface area contributed by atoms with Crippen molar-refractivity contribution in [3.8, 4) is 5.75 Å². The normalized spacial score (nSPS) is 25.0. The number of aromatic nitrogens is 1. The maximum absolute atomic E-state index is 14.3. The zero-order chi connectivity index (χ0) is 55.0. The number of anilines is 1. The van der Waals surface area contributed by atoms with Gasteiger partial charge in [0.1, 0.15) is 40.3 Å². The van der Waals surface area contributed by atoms with E-state index in [1.54, 1.807) is 39.1 Å². The van der Waals surface area contributed by atoms with Crippen LogP contribution in [0, 0.1) is 5.92 Å². The lowest BCUT2D eigenvalue weighted by molar-refractivity contribution is -0.162. The molecular weight excluding hydrogens is 984 g/mol. The van der Waals surface area contributed by atoms with E-state index >= 15 is 0 Å². The summed E-state index contributed by atoms with van der Waals surface area (Å²) in [6, 6.07) is 12.8. The molecule has 4 N–H and O–H groups in total. The number of ether oxygens (including phenoxy) is 6. The molecule has 0 spiro atoms. The van der Waals surface area contributed by atoms with Crippen LogP contribution in [0.25, 0.3) is 10.9 Å². The van der Waals surface area contributed by atoms with Crippen molar-refractivity contribution in [1.82, 2.24) is 25.4 Å². The number of likely N-dealkylation sites (N-methyl/N-ethyl adjacent to an activating group) is 1. The van der Waals surface area contributed by atoms with Gasteiger partial charge in [-0.3, -0.25) is 19.7 Å². The van der Waals surface area contributed by atoms with Crippen LogP contribution in [0.4, 0.5) is 10.5 Å². The Morgan fingerprint density at radius 3 is 2.51 bits per heavy atom. The van der Waals surface area contributed by atoms with Gasteiger partial charge in [0.15, 0.2) is 0 Å². The fourth-order valence-corrected chi connectivity index (χ4v) is 10.0. The smallest absolute Gasteiger partial charge is 0.409 e. The molecule has 1 aromatic heterocycles. The fraction of sp³-hybridized carbons (Fsp3) is 0.589. The number of epoxide rings is 1. The monoisotopic (exact) mass is 1060 g/mol. The maximum Gasteiger partial charge on any atom is 0.409 e. The summed E-state index contributed by atoms with van der Waals surface area (Å²) >= 11 is 6.82. The van der Waals surface area contributed by atoms with Crippen LogP contribution in [0.2, 0.25) is 5.02 Å². The number of hydrogen-bond acceptors (Lipinski definition) is 13. The van der Waals surface area contributed by atoms with E-state index in [1.165, 1.54) is 24.0 Å². The molecule has 0 aliphatic carbocycles. The van der Waals surface area contributed by atoms with Crippen molar-refractivity contribution in [3.63, 3.8) is 0 Å². The number of fused-ring (bicyclic) bond motifs is 6. The first-order valence-electron chi connectivity index (χ1n) is 25.9. The molecule has 4 bridgehead atoms. The van der Waals surface area contributed by atoms with Crippen LogP contribution < -0.4 is 25.6 Å². The lowest BCUT2D eigenvalue weighted by Crippen LogP contribution is -2.57. The number of aryl methyl sites for hydroxylation is 1. The van der Waals surface area contributed by atoms with Gasteiger partial charge in [-0.2, -0.15) is 0 Å². The van der Waals surface area contributed by atoms with Crippen molar-refractivity contribution < 1.29 is 57.5 Å². The van der Waals surface area contributed by atoms with Crippen molar-refractivity contribution in [3.05, 3.63) is 82.5 Å². The predicted molar refractivity (Wildman–Crippen MR) is 286 cm³/mol. The zero-order valence-electron chi connectivity index (χ0n) is 45.8. The first-order chi connectivity index (χ1) is 35.3. The van der Waals surface area contributed by atoms with Gasteiger partial charge in [-0.25, -0.2) is 9.59 Å². The molecule has 3 aliphatic heterocycles. The van der Waals surface area contributed by atoms with Crippen LogP contribution >= 0.6 is 11.6 Å². The molecule has 0 radical (unpaired) electrons. The number of hydrogen-bond donors (Lipinski definition) is 4. The van der Waals surface area contributed by atoms with E-state index in [9.17, 15) is 29.1 Å². The fourth-order valence-electron chi connectivity index (χ4n) is 9.71. The summed E-state index contributed by atoms with van der Waals surface area (Å²) in [7, 11) is 6.48. The highest BCUT2D eigenvalue weighted by atomic mass is 35.5. The SMILES string of the molecule is CNCc1cc2ccccc2n1CCC(=O)NCC(C)(C)OCCC(C)(C)OCCC(=O)N(C)[C@@H](C)C(=O)O[C@H]1CC(=O)N(C)c2cc(cc(OC)c2Cl)C/C(C)=C/C=C/C[C@@]2(O)C[C@H](OC(=O)N2)[C@@H](C)C2O[C@]21C. The van der Waals surface area contributed by atoms with Crippen molar-refractivity contribution in [1.29, 1.82) is 0 Å². The lowest BCUT2D eigenvalue weighted by atomic mass is 9.84. The van der Waals surface area contributed by atoms with Gasteiger partial charge in [-0.1, -0.05) is 60.5 Å². The largest absolute Gasteiger partial charge is 0.495 e. The minimum atomic E-state index is -1.61. The molecule has 6 rings (SSSR count). The predicted octanol–water partition coefficient (Wildman–Crippen LogP) is 7.14. The molecule has 4 amide bonds. The number of allylic oxidation sites excluding steroid dienone is 3. The molecule has 7 atom stereocenters. The molecule has 2 saturated heterocycles. The summed E-state index contributed by atoms with van der Waals surface area (Å²) in [5.74, 6) is -1.79. The second-order valence-electron chi connectivity index (χ2n) is 21.7. The average Bonchev–Trinajstić information content (AvgIpc) is 3.93. The Hall–Kier alpha value is -5.50. The molecule has 3 aromatic rings. The average molecular weight is 1060 g/mol. The number of carbonyl (C=O) groups excluding carboxylic acids is 5. The Balaban J connectivity index is 1.04. The van der Waals surface area contributed by atoms with E-state index < -0.39 is 70.8 Å². The molecule has 4 heterocycles. The third-order valence-corrected chi connectivity index (χ3v) is 15.1.